The highest BCUT2D eigenvalue weighted by atomic mass is 32.2. The molecular weight excluding hydrogens is 468 g/mol. The van der Waals surface area contributed by atoms with Crippen LogP contribution in [-0.4, -0.2) is 37.6 Å². The Morgan fingerprint density at radius 2 is 1.66 bits per heavy atom. The van der Waals surface area contributed by atoms with Crippen molar-refractivity contribution in [2.24, 2.45) is 5.73 Å². The lowest BCUT2D eigenvalue weighted by atomic mass is 10.0. The molecule has 4 rings (SSSR count). The van der Waals surface area contributed by atoms with E-state index in [4.69, 9.17) is 20.3 Å². The van der Waals surface area contributed by atoms with Gasteiger partial charge in [-0.1, -0.05) is 12.1 Å². The molecule has 0 unspecified atom stereocenters. The first kappa shape index (κ1) is 24.3. The molecule has 0 saturated heterocycles. The average Bonchev–Trinajstić information content (AvgIpc) is 3.25. The summed E-state index contributed by atoms with van der Waals surface area (Å²) >= 11 is 0. The van der Waals surface area contributed by atoms with Crippen molar-refractivity contribution in [2.45, 2.75) is 36.1 Å². The highest BCUT2D eigenvalue weighted by Gasteiger charge is 2.22. The number of hydrogen-bond donors (Lipinski definition) is 3. The molecule has 0 bridgehead atoms. The van der Waals surface area contributed by atoms with Crippen molar-refractivity contribution in [1.82, 2.24) is 4.98 Å². The van der Waals surface area contributed by atoms with E-state index in [2.05, 4.69) is 4.98 Å². The van der Waals surface area contributed by atoms with E-state index in [-0.39, 0.29) is 16.2 Å². The minimum absolute atomic E-state index is 0.148. The minimum atomic E-state index is -3.78. The number of aromatic amines is 1. The van der Waals surface area contributed by atoms with Crippen LogP contribution in [-0.2, 0) is 21.1 Å². The summed E-state index contributed by atoms with van der Waals surface area (Å²) in [5, 5.41) is 9.59. The van der Waals surface area contributed by atoms with E-state index in [9.17, 15) is 13.2 Å². The first-order valence-corrected chi connectivity index (χ1v) is 12.3. The number of methoxy groups -OCH3 is 1. The van der Waals surface area contributed by atoms with Gasteiger partial charge >= 0.3 is 5.97 Å². The first-order chi connectivity index (χ1) is 16.6. The molecule has 9 heteroatoms. The Balaban J connectivity index is 1.67. The number of carbonyl (C=O) groups is 1. The van der Waals surface area contributed by atoms with Gasteiger partial charge < -0.3 is 25.3 Å². The molecule has 0 aliphatic heterocycles. The van der Waals surface area contributed by atoms with Gasteiger partial charge in [-0.05, 0) is 79.4 Å². The summed E-state index contributed by atoms with van der Waals surface area (Å²) in [6.45, 7) is 3.74. The molecule has 8 nitrogen and oxygen atoms in total. The number of nitrogens with two attached hydrogens (primary N) is 1. The van der Waals surface area contributed by atoms with Gasteiger partial charge in [-0.25, -0.2) is 8.42 Å². The van der Waals surface area contributed by atoms with E-state index in [0.29, 0.717) is 28.2 Å². The summed E-state index contributed by atoms with van der Waals surface area (Å²) in [7, 11) is -2.26. The van der Waals surface area contributed by atoms with Crippen LogP contribution in [0.1, 0.15) is 16.7 Å². The van der Waals surface area contributed by atoms with Crippen LogP contribution in [0, 0.1) is 13.8 Å². The largest absolute Gasteiger partial charge is 0.497 e. The van der Waals surface area contributed by atoms with E-state index in [1.54, 1.807) is 30.3 Å². The third kappa shape index (κ3) is 4.87. The number of H-pyrrole nitrogens is 1. The topological polar surface area (TPSA) is 132 Å². The fourth-order valence-electron chi connectivity index (χ4n) is 4.02. The normalized spacial score (nSPS) is 12.5. The van der Waals surface area contributed by atoms with Gasteiger partial charge in [0.05, 0.1) is 16.9 Å². The quantitative estimate of drug-likeness (QED) is 0.331. The molecule has 0 amide bonds. The van der Waals surface area contributed by atoms with Crippen LogP contribution in [0.5, 0.6) is 17.2 Å². The average molecular weight is 495 g/mol. The molecule has 0 fully saturated rings. The number of nitrogens with one attached hydrogen (secondary N) is 1. The maximum atomic E-state index is 13.3. The second kappa shape index (κ2) is 9.44. The number of fused-ring (bicyclic) bond motifs is 1. The number of benzene rings is 3. The molecular formula is C26H26N2O6S. The second-order valence-corrected chi connectivity index (χ2v) is 10.3. The van der Waals surface area contributed by atoms with Crippen LogP contribution < -0.4 is 15.2 Å². The Morgan fingerprint density at radius 3 is 2.26 bits per heavy atom. The highest BCUT2D eigenvalue weighted by Crippen LogP contribution is 2.35. The summed E-state index contributed by atoms with van der Waals surface area (Å²) < 4.78 is 37.9. The predicted octanol–water partition coefficient (Wildman–Crippen LogP) is 4.37. The number of sulfone groups is 1. The summed E-state index contributed by atoms with van der Waals surface area (Å²) in [6.07, 6.45) is 1.68. The zero-order valence-electron chi connectivity index (χ0n) is 19.5. The molecule has 1 heterocycles. The lowest BCUT2D eigenvalue weighted by molar-refractivity contribution is -0.138. The highest BCUT2D eigenvalue weighted by molar-refractivity contribution is 7.91. The van der Waals surface area contributed by atoms with Crippen molar-refractivity contribution in [3.63, 3.8) is 0 Å². The van der Waals surface area contributed by atoms with Gasteiger partial charge in [-0.2, -0.15) is 0 Å². The van der Waals surface area contributed by atoms with Crippen LogP contribution >= 0.6 is 0 Å². The Hall–Kier alpha value is -3.82. The molecule has 0 aliphatic rings. The van der Waals surface area contributed by atoms with Gasteiger partial charge in [0.15, 0.2) is 0 Å². The third-order valence-electron chi connectivity index (χ3n) is 5.79. The molecule has 0 aliphatic carbocycles. The molecule has 0 radical (unpaired) electrons. The van der Waals surface area contributed by atoms with Crippen LogP contribution in [0.15, 0.2) is 70.6 Å². The van der Waals surface area contributed by atoms with Crippen molar-refractivity contribution in [1.29, 1.82) is 0 Å². The van der Waals surface area contributed by atoms with Gasteiger partial charge in [0.1, 0.15) is 23.3 Å². The van der Waals surface area contributed by atoms with E-state index >= 15 is 0 Å². The number of rotatable bonds is 8. The Bertz CT molecular complexity index is 1480. The molecule has 182 valence electrons. The van der Waals surface area contributed by atoms with Crippen LogP contribution in [0.4, 0.5) is 0 Å². The van der Waals surface area contributed by atoms with Gasteiger partial charge in [0, 0.05) is 17.1 Å². The van der Waals surface area contributed by atoms with E-state index in [1.165, 1.54) is 25.4 Å². The molecule has 1 aromatic heterocycles. The van der Waals surface area contributed by atoms with Crippen molar-refractivity contribution in [3.8, 4) is 17.2 Å². The number of aliphatic carboxylic acids is 1. The first-order valence-electron chi connectivity index (χ1n) is 10.9. The Labute approximate surface area is 203 Å². The second-order valence-electron chi connectivity index (χ2n) is 8.35. The summed E-state index contributed by atoms with van der Waals surface area (Å²) in [4.78, 5) is 14.4. The van der Waals surface area contributed by atoms with E-state index in [0.717, 1.165) is 16.7 Å². The van der Waals surface area contributed by atoms with Gasteiger partial charge in [0.25, 0.3) is 0 Å². The lowest BCUT2D eigenvalue weighted by Gasteiger charge is -2.15. The van der Waals surface area contributed by atoms with Crippen molar-refractivity contribution >= 4 is 26.7 Å². The fourth-order valence-corrected chi connectivity index (χ4v) is 5.44. The van der Waals surface area contributed by atoms with Crippen LogP contribution in [0.2, 0.25) is 0 Å². The molecule has 0 spiro atoms. The van der Waals surface area contributed by atoms with Crippen LogP contribution in [0.25, 0.3) is 10.9 Å². The van der Waals surface area contributed by atoms with Gasteiger partial charge in [-0.3, -0.25) is 4.79 Å². The lowest BCUT2D eigenvalue weighted by Crippen LogP contribution is -2.32. The zero-order chi connectivity index (χ0) is 25.3. The summed E-state index contributed by atoms with van der Waals surface area (Å²) in [5.41, 5.74) is 8.77. The Kier molecular flexibility index (Phi) is 6.56. The molecule has 4 N–H and O–H groups in total. The number of aryl methyl sites for hydroxylation is 2. The Morgan fingerprint density at radius 1 is 1.03 bits per heavy atom. The molecule has 0 saturated carbocycles. The maximum absolute atomic E-state index is 13.3. The molecule has 1 atom stereocenters. The standard InChI is InChI=1S/C26H26N2O6S/c1-15-10-17(12-22(27)26(29)30)11-16(2)25(15)34-19-6-9-23-21(13-19)24(14-28-23)35(31,32)20-7-4-18(33-3)5-8-20/h4-11,13-14,22,28H,12,27H2,1-3H3,(H,29,30)/t22-/m1/s1. The SMILES string of the molecule is COc1ccc(S(=O)(=O)c2c[nH]c3ccc(Oc4c(C)cc(C[C@@H](N)C(=O)O)cc4C)cc23)cc1. The smallest absolute Gasteiger partial charge is 0.320 e. The number of carboxylic acids is 1. The van der Waals surface area contributed by atoms with E-state index in [1.807, 2.05) is 26.0 Å². The third-order valence-corrected chi connectivity index (χ3v) is 7.60. The fraction of sp³-hybridized carbons (Fsp3) is 0.192. The summed E-state index contributed by atoms with van der Waals surface area (Å²) in [6, 6.07) is 14.2. The van der Waals surface area contributed by atoms with Crippen molar-refractivity contribution < 1.29 is 27.8 Å². The summed E-state index contributed by atoms with van der Waals surface area (Å²) in [5.74, 6) is 0.609. The van der Waals surface area contributed by atoms with E-state index < -0.39 is 21.8 Å². The van der Waals surface area contributed by atoms with Gasteiger partial charge in [-0.15, -0.1) is 0 Å². The van der Waals surface area contributed by atoms with Gasteiger partial charge in [0.2, 0.25) is 9.84 Å². The minimum Gasteiger partial charge on any atom is -0.497 e. The monoisotopic (exact) mass is 494 g/mol. The number of carboxylic acid groups (broad SMARTS) is 1. The molecule has 3 aromatic carbocycles. The van der Waals surface area contributed by atoms with Crippen molar-refractivity contribution in [2.75, 3.05) is 7.11 Å². The van der Waals surface area contributed by atoms with Crippen molar-refractivity contribution in [3.05, 3.63) is 77.5 Å². The predicted molar refractivity (Wildman–Crippen MR) is 132 cm³/mol. The maximum Gasteiger partial charge on any atom is 0.320 e. The number of ether oxygens (including phenoxy) is 2. The molecule has 35 heavy (non-hydrogen) atoms. The number of hydrogen-bond acceptors (Lipinski definition) is 6. The number of aromatic nitrogens is 1. The molecule has 4 aromatic rings. The van der Waals surface area contributed by atoms with Crippen LogP contribution in [0.3, 0.4) is 0 Å². The zero-order valence-corrected chi connectivity index (χ0v) is 20.3.